The fourth-order valence-corrected chi connectivity index (χ4v) is 4.19. The van der Waals surface area contributed by atoms with E-state index in [1.54, 1.807) is 12.1 Å². The number of hydrogen-bond acceptors (Lipinski definition) is 6. The van der Waals surface area contributed by atoms with Crippen LogP contribution in [0.4, 0.5) is 11.4 Å². The van der Waals surface area contributed by atoms with E-state index in [9.17, 15) is 14.9 Å². The maximum absolute atomic E-state index is 12.2. The van der Waals surface area contributed by atoms with Crippen molar-refractivity contribution in [2.75, 3.05) is 51.2 Å². The molecule has 2 aliphatic rings. The lowest BCUT2D eigenvalue weighted by Gasteiger charge is -2.43. The van der Waals surface area contributed by atoms with Crippen molar-refractivity contribution < 1.29 is 9.72 Å². The van der Waals surface area contributed by atoms with Crippen molar-refractivity contribution in [2.24, 2.45) is 0 Å². The van der Waals surface area contributed by atoms with Gasteiger partial charge in [-0.05, 0) is 52.4 Å². The topological polar surface area (TPSA) is 82.0 Å². The summed E-state index contributed by atoms with van der Waals surface area (Å²) in [7, 11) is 2.17. The lowest BCUT2D eigenvalue weighted by atomic mass is 10.0. The molecule has 0 spiro atoms. The van der Waals surface area contributed by atoms with Crippen LogP contribution in [0.1, 0.15) is 37.0 Å². The highest BCUT2D eigenvalue weighted by molar-refractivity contribution is 5.96. The summed E-state index contributed by atoms with van der Waals surface area (Å²) in [6, 6.07) is 5.37. The van der Waals surface area contributed by atoms with Gasteiger partial charge in [-0.3, -0.25) is 19.8 Å². The van der Waals surface area contributed by atoms with Gasteiger partial charge >= 0.3 is 0 Å². The van der Waals surface area contributed by atoms with Crippen LogP contribution >= 0.6 is 0 Å². The van der Waals surface area contributed by atoms with Crippen LogP contribution in [-0.2, 0) is 0 Å². The maximum atomic E-state index is 12.2. The summed E-state index contributed by atoms with van der Waals surface area (Å²) >= 11 is 0. The normalized spacial score (nSPS) is 21.7. The summed E-state index contributed by atoms with van der Waals surface area (Å²) in [5.41, 5.74) is 0.932. The molecule has 28 heavy (non-hydrogen) atoms. The van der Waals surface area contributed by atoms with E-state index in [1.165, 1.54) is 25.5 Å². The van der Waals surface area contributed by atoms with Gasteiger partial charge in [0, 0.05) is 56.4 Å². The molecule has 1 N–H and O–H groups in total. The second kappa shape index (κ2) is 8.87. The molecular formula is C20H31N5O3. The number of carbonyl (C=O) groups is 1. The van der Waals surface area contributed by atoms with E-state index in [0.717, 1.165) is 32.7 Å². The van der Waals surface area contributed by atoms with Gasteiger partial charge in [0.25, 0.3) is 11.6 Å². The van der Waals surface area contributed by atoms with Crippen molar-refractivity contribution in [2.45, 2.75) is 38.8 Å². The number of nitrogens with one attached hydrogen (secondary N) is 1. The van der Waals surface area contributed by atoms with Gasteiger partial charge in [-0.2, -0.15) is 0 Å². The van der Waals surface area contributed by atoms with Gasteiger partial charge in [0.05, 0.1) is 4.92 Å². The van der Waals surface area contributed by atoms with Crippen LogP contribution in [0.25, 0.3) is 0 Å². The lowest BCUT2D eigenvalue weighted by Crippen LogP contribution is -2.54. The Morgan fingerprint density at radius 1 is 1.21 bits per heavy atom. The molecule has 2 saturated heterocycles. The first-order valence-corrected chi connectivity index (χ1v) is 10.1. The van der Waals surface area contributed by atoms with Crippen LogP contribution in [0.15, 0.2) is 18.2 Å². The predicted octanol–water partition coefficient (Wildman–Crippen LogP) is 1.95. The van der Waals surface area contributed by atoms with Crippen molar-refractivity contribution in [3.05, 3.63) is 33.9 Å². The van der Waals surface area contributed by atoms with Crippen LogP contribution < -0.4 is 10.2 Å². The minimum Gasteiger partial charge on any atom is -0.363 e. The third-order valence-electron chi connectivity index (χ3n) is 5.63. The molecule has 0 bridgehead atoms. The highest BCUT2D eigenvalue weighted by Crippen LogP contribution is 2.30. The Balaban J connectivity index is 1.70. The van der Waals surface area contributed by atoms with Crippen LogP contribution in [-0.4, -0.2) is 79.0 Å². The Bertz CT molecular complexity index is 716. The summed E-state index contributed by atoms with van der Waals surface area (Å²) < 4.78 is 0. The van der Waals surface area contributed by atoms with Crippen molar-refractivity contribution in [1.82, 2.24) is 15.1 Å². The van der Waals surface area contributed by atoms with Gasteiger partial charge in [-0.15, -0.1) is 0 Å². The summed E-state index contributed by atoms with van der Waals surface area (Å²) in [5.74, 6) is -0.282. The Morgan fingerprint density at radius 2 is 1.93 bits per heavy atom. The molecule has 1 aromatic carbocycles. The number of anilines is 1. The molecule has 0 aliphatic carbocycles. The minimum atomic E-state index is -0.385. The SMILES string of the molecule is CC(C)NC(=O)c1ccc(N2CCN(C3CCCN(C)C3)CC2)c([N+](=O)[O-])c1. The average molecular weight is 390 g/mol. The van der Waals surface area contributed by atoms with Crippen molar-refractivity contribution in [1.29, 1.82) is 0 Å². The number of rotatable bonds is 5. The number of nitro groups is 1. The van der Waals surface area contributed by atoms with Gasteiger partial charge in [0.1, 0.15) is 5.69 Å². The molecule has 3 rings (SSSR count). The molecule has 2 heterocycles. The number of carbonyl (C=O) groups excluding carboxylic acids is 1. The quantitative estimate of drug-likeness (QED) is 0.612. The molecule has 0 aromatic heterocycles. The summed E-state index contributed by atoms with van der Waals surface area (Å²) in [5, 5.41) is 14.4. The molecule has 0 radical (unpaired) electrons. The minimum absolute atomic E-state index is 0.00209. The van der Waals surface area contributed by atoms with E-state index in [0.29, 0.717) is 17.3 Å². The highest BCUT2D eigenvalue weighted by atomic mass is 16.6. The van der Waals surface area contributed by atoms with Crippen molar-refractivity contribution in [3.63, 3.8) is 0 Å². The fraction of sp³-hybridized carbons (Fsp3) is 0.650. The van der Waals surface area contributed by atoms with Gasteiger partial charge in [0.15, 0.2) is 0 Å². The zero-order valence-electron chi connectivity index (χ0n) is 17.1. The Labute approximate surface area is 166 Å². The van der Waals surface area contributed by atoms with E-state index in [-0.39, 0.29) is 22.6 Å². The first kappa shape index (κ1) is 20.5. The summed E-state index contributed by atoms with van der Waals surface area (Å²) in [4.78, 5) is 30.4. The number of amides is 1. The third-order valence-corrected chi connectivity index (χ3v) is 5.63. The monoisotopic (exact) mass is 389 g/mol. The Morgan fingerprint density at radius 3 is 2.54 bits per heavy atom. The fourth-order valence-electron chi connectivity index (χ4n) is 4.19. The number of likely N-dealkylation sites (tertiary alicyclic amines) is 1. The number of piperidine rings is 1. The van der Waals surface area contributed by atoms with Gasteiger partial charge in [0.2, 0.25) is 0 Å². The first-order valence-electron chi connectivity index (χ1n) is 10.1. The largest absolute Gasteiger partial charge is 0.363 e. The zero-order chi connectivity index (χ0) is 20.3. The number of benzene rings is 1. The highest BCUT2D eigenvalue weighted by Gasteiger charge is 2.29. The van der Waals surface area contributed by atoms with Crippen LogP contribution in [0.5, 0.6) is 0 Å². The first-order chi connectivity index (χ1) is 13.3. The Kier molecular flexibility index (Phi) is 6.51. The van der Waals surface area contributed by atoms with E-state index in [2.05, 4.69) is 27.1 Å². The molecule has 2 aliphatic heterocycles. The molecule has 0 saturated carbocycles. The second-order valence-corrected chi connectivity index (χ2v) is 8.17. The molecule has 8 heteroatoms. The lowest BCUT2D eigenvalue weighted by molar-refractivity contribution is -0.384. The molecule has 1 unspecified atom stereocenters. The number of nitro benzene ring substituents is 1. The predicted molar refractivity (Wildman–Crippen MR) is 110 cm³/mol. The molecule has 1 atom stereocenters. The average Bonchev–Trinajstić information content (AvgIpc) is 2.67. The van der Waals surface area contributed by atoms with Crippen molar-refractivity contribution in [3.8, 4) is 0 Å². The van der Waals surface area contributed by atoms with E-state index in [1.807, 2.05) is 13.8 Å². The molecule has 1 aromatic rings. The number of likely N-dealkylation sites (N-methyl/N-ethyl adjacent to an activating group) is 1. The molecule has 8 nitrogen and oxygen atoms in total. The maximum Gasteiger partial charge on any atom is 0.293 e. The van der Waals surface area contributed by atoms with Crippen LogP contribution in [0.3, 0.4) is 0 Å². The summed E-state index contributed by atoms with van der Waals surface area (Å²) in [6.45, 7) is 9.33. The van der Waals surface area contributed by atoms with E-state index in [4.69, 9.17) is 0 Å². The number of nitrogens with zero attached hydrogens (tertiary/aromatic N) is 4. The standard InChI is InChI=1S/C20H31N5O3/c1-15(2)21-20(26)16-6-7-18(19(13-16)25(27)28)24-11-9-23(10-12-24)17-5-4-8-22(3)14-17/h6-7,13,15,17H,4-5,8-12,14H2,1-3H3,(H,21,26). The van der Waals surface area contributed by atoms with Gasteiger partial charge in [-0.1, -0.05) is 0 Å². The van der Waals surface area contributed by atoms with Gasteiger partial charge in [-0.25, -0.2) is 0 Å². The zero-order valence-corrected chi connectivity index (χ0v) is 17.1. The molecule has 154 valence electrons. The van der Waals surface area contributed by atoms with E-state index >= 15 is 0 Å². The van der Waals surface area contributed by atoms with Crippen LogP contribution in [0.2, 0.25) is 0 Å². The van der Waals surface area contributed by atoms with Crippen molar-refractivity contribution >= 4 is 17.3 Å². The summed E-state index contributed by atoms with van der Waals surface area (Å²) in [6.07, 6.45) is 2.46. The second-order valence-electron chi connectivity index (χ2n) is 8.17. The van der Waals surface area contributed by atoms with Crippen LogP contribution in [0, 0.1) is 10.1 Å². The number of hydrogen-bond donors (Lipinski definition) is 1. The third kappa shape index (κ3) is 4.80. The van der Waals surface area contributed by atoms with E-state index < -0.39 is 0 Å². The number of piperazine rings is 1. The molecular weight excluding hydrogens is 358 g/mol. The smallest absolute Gasteiger partial charge is 0.293 e. The Hall–Kier alpha value is -2.19. The molecule has 1 amide bonds. The van der Waals surface area contributed by atoms with Gasteiger partial charge < -0.3 is 15.1 Å². The molecule has 2 fully saturated rings.